The molecule has 8 heteroatoms. The summed E-state index contributed by atoms with van der Waals surface area (Å²) in [6, 6.07) is 7.67. The van der Waals surface area contributed by atoms with Crippen molar-refractivity contribution in [2.75, 3.05) is 36.4 Å². The molecule has 0 unspecified atom stereocenters. The van der Waals surface area contributed by atoms with Crippen LogP contribution in [0.1, 0.15) is 12.5 Å². The molecule has 0 aliphatic carbocycles. The van der Waals surface area contributed by atoms with E-state index in [4.69, 9.17) is 11.6 Å². The summed E-state index contributed by atoms with van der Waals surface area (Å²) >= 11 is 6.15. The fraction of sp³-hybridized carbons (Fsp3) is 0.375. The topological polar surface area (TPSA) is 74.2 Å². The molecule has 1 saturated heterocycles. The van der Waals surface area contributed by atoms with Crippen molar-refractivity contribution in [1.82, 2.24) is 20.1 Å². The van der Waals surface area contributed by atoms with E-state index in [2.05, 4.69) is 20.5 Å². The third-order valence-corrected chi connectivity index (χ3v) is 4.34. The third kappa shape index (κ3) is 3.91. The van der Waals surface area contributed by atoms with E-state index in [0.29, 0.717) is 49.5 Å². The number of hydrogen-bond acceptors (Lipinski definition) is 6. The summed E-state index contributed by atoms with van der Waals surface area (Å²) < 4.78 is 0. The van der Waals surface area contributed by atoms with E-state index in [-0.39, 0.29) is 5.91 Å². The van der Waals surface area contributed by atoms with Gasteiger partial charge in [0.1, 0.15) is 0 Å². The van der Waals surface area contributed by atoms with Crippen molar-refractivity contribution < 1.29 is 4.79 Å². The molecule has 1 aliphatic heterocycles. The van der Waals surface area contributed by atoms with Crippen molar-refractivity contribution in [1.29, 1.82) is 0 Å². The number of piperazine rings is 1. The second-order valence-corrected chi connectivity index (χ2v) is 5.99. The molecule has 1 amide bonds. The van der Waals surface area contributed by atoms with Gasteiger partial charge in [0.05, 0.1) is 6.20 Å². The number of hydrogen-bond donors (Lipinski definition) is 1. The first-order valence-corrected chi connectivity index (χ1v) is 8.19. The number of nitrogens with zero attached hydrogens (tertiary/aromatic N) is 5. The molecule has 1 N–H and O–H groups in total. The van der Waals surface area contributed by atoms with Gasteiger partial charge in [-0.2, -0.15) is 10.1 Å². The SMILES string of the molecule is CC(=O)N1CCN(c2nncc(NCc3ccccc3Cl)n2)CC1. The van der Waals surface area contributed by atoms with E-state index in [1.54, 1.807) is 13.1 Å². The Labute approximate surface area is 145 Å². The van der Waals surface area contributed by atoms with Crippen LogP contribution in [0.5, 0.6) is 0 Å². The highest BCUT2D eigenvalue weighted by atomic mass is 35.5. The van der Waals surface area contributed by atoms with Gasteiger partial charge < -0.3 is 15.1 Å². The minimum absolute atomic E-state index is 0.101. The van der Waals surface area contributed by atoms with E-state index in [9.17, 15) is 4.79 Å². The Morgan fingerprint density at radius 3 is 2.71 bits per heavy atom. The van der Waals surface area contributed by atoms with Crippen molar-refractivity contribution >= 4 is 29.3 Å². The molecule has 24 heavy (non-hydrogen) atoms. The number of carbonyl (C=O) groups is 1. The number of amides is 1. The zero-order valence-electron chi connectivity index (χ0n) is 13.4. The predicted octanol–water partition coefficient (Wildman–Crippen LogP) is 1.81. The van der Waals surface area contributed by atoms with Gasteiger partial charge in [-0.1, -0.05) is 29.8 Å². The van der Waals surface area contributed by atoms with E-state index in [1.165, 1.54) is 0 Å². The van der Waals surface area contributed by atoms with Crippen molar-refractivity contribution in [3.05, 3.63) is 41.0 Å². The molecule has 1 aliphatic rings. The number of halogens is 1. The molecule has 1 aromatic carbocycles. The van der Waals surface area contributed by atoms with Crippen LogP contribution < -0.4 is 10.2 Å². The number of carbonyl (C=O) groups excluding carboxylic acids is 1. The second-order valence-electron chi connectivity index (χ2n) is 5.58. The lowest BCUT2D eigenvalue weighted by Gasteiger charge is -2.33. The predicted molar refractivity (Wildman–Crippen MR) is 93.1 cm³/mol. The van der Waals surface area contributed by atoms with Gasteiger partial charge in [-0.15, -0.1) is 5.10 Å². The highest BCUT2D eigenvalue weighted by Crippen LogP contribution is 2.17. The Hall–Kier alpha value is -2.41. The number of aromatic nitrogens is 3. The highest BCUT2D eigenvalue weighted by molar-refractivity contribution is 6.31. The first-order chi connectivity index (χ1) is 11.6. The van der Waals surface area contributed by atoms with Gasteiger partial charge >= 0.3 is 0 Å². The van der Waals surface area contributed by atoms with Crippen LogP contribution in [-0.4, -0.2) is 52.2 Å². The van der Waals surface area contributed by atoms with E-state index in [1.807, 2.05) is 34.1 Å². The van der Waals surface area contributed by atoms with Crippen LogP contribution in [0.4, 0.5) is 11.8 Å². The van der Waals surface area contributed by atoms with Crippen LogP contribution in [0, 0.1) is 0 Å². The number of nitrogens with one attached hydrogen (secondary N) is 1. The van der Waals surface area contributed by atoms with E-state index >= 15 is 0 Å². The summed E-state index contributed by atoms with van der Waals surface area (Å²) in [6.45, 7) is 4.92. The molecular weight excluding hydrogens is 328 g/mol. The Bertz CT molecular complexity index is 717. The molecule has 2 aromatic rings. The maximum Gasteiger partial charge on any atom is 0.247 e. The van der Waals surface area contributed by atoms with Crippen LogP contribution >= 0.6 is 11.6 Å². The summed E-state index contributed by atoms with van der Waals surface area (Å²) in [7, 11) is 0. The van der Waals surface area contributed by atoms with Crippen LogP contribution in [0.15, 0.2) is 30.5 Å². The number of benzene rings is 1. The molecule has 126 valence electrons. The molecule has 1 fully saturated rings. The zero-order chi connectivity index (χ0) is 16.9. The van der Waals surface area contributed by atoms with E-state index in [0.717, 1.165) is 5.56 Å². The van der Waals surface area contributed by atoms with Crippen LogP contribution in [0.25, 0.3) is 0 Å². The van der Waals surface area contributed by atoms with Gasteiger partial charge in [0.2, 0.25) is 11.9 Å². The van der Waals surface area contributed by atoms with Gasteiger partial charge in [-0.05, 0) is 11.6 Å². The minimum atomic E-state index is 0.101. The maximum atomic E-state index is 11.4. The lowest BCUT2D eigenvalue weighted by molar-refractivity contribution is -0.129. The number of anilines is 2. The van der Waals surface area contributed by atoms with Crippen molar-refractivity contribution in [2.45, 2.75) is 13.5 Å². The summed E-state index contributed by atoms with van der Waals surface area (Å²) in [6.07, 6.45) is 1.59. The molecule has 0 atom stereocenters. The lowest BCUT2D eigenvalue weighted by atomic mass is 10.2. The third-order valence-electron chi connectivity index (χ3n) is 3.97. The second kappa shape index (κ2) is 7.44. The molecule has 0 saturated carbocycles. The maximum absolute atomic E-state index is 11.4. The first-order valence-electron chi connectivity index (χ1n) is 7.81. The molecule has 0 spiro atoms. The van der Waals surface area contributed by atoms with Crippen LogP contribution in [-0.2, 0) is 11.3 Å². The fourth-order valence-electron chi connectivity index (χ4n) is 2.56. The lowest BCUT2D eigenvalue weighted by Crippen LogP contribution is -2.48. The largest absolute Gasteiger partial charge is 0.364 e. The Balaban J connectivity index is 1.62. The van der Waals surface area contributed by atoms with Gasteiger partial charge in [-0.25, -0.2) is 0 Å². The fourth-order valence-corrected chi connectivity index (χ4v) is 2.76. The van der Waals surface area contributed by atoms with Crippen molar-refractivity contribution in [3.8, 4) is 0 Å². The molecule has 1 aromatic heterocycles. The molecular formula is C16H19ClN6O. The van der Waals surface area contributed by atoms with Crippen LogP contribution in [0.2, 0.25) is 5.02 Å². The van der Waals surface area contributed by atoms with E-state index < -0.39 is 0 Å². The summed E-state index contributed by atoms with van der Waals surface area (Å²) in [4.78, 5) is 19.7. The van der Waals surface area contributed by atoms with Crippen molar-refractivity contribution in [3.63, 3.8) is 0 Å². The Morgan fingerprint density at radius 1 is 1.25 bits per heavy atom. The molecule has 0 radical (unpaired) electrons. The summed E-state index contributed by atoms with van der Waals surface area (Å²) in [5.74, 6) is 1.32. The van der Waals surface area contributed by atoms with Crippen molar-refractivity contribution in [2.24, 2.45) is 0 Å². The molecule has 2 heterocycles. The molecule has 0 bridgehead atoms. The average Bonchev–Trinajstić information content (AvgIpc) is 2.61. The molecule has 7 nitrogen and oxygen atoms in total. The van der Waals surface area contributed by atoms with Crippen LogP contribution in [0.3, 0.4) is 0 Å². The first kappa shape index (κ1) is 16.4. The normalized spacial score (nSPS) is 14.6. The van der Waals surface area contributed by atoms with Gasteiger partial charge in [0.25, 0.3) is 0 Å². The number of rotatable bonds is 4. The standard InChI is InChI=1S/C16H19ClN6O/c1-12(24)22-6-8-23(9-7-22)16-20-15(11-19-21-16)18-10-13-4-2-3-5-14(13)17/h2-5,11H,6-10H2,1H3,(H,18,20,21). The van der Waals surface area contributed by atoms with Gasteiger partial charge in [0.15, 0.2) is 5.82 Å². The molecule has 3 rings (SSSR count). The van der Waals surface area contributed by atoms with Gasteiger partial charge in [-0.3, -0.25) is 4.79 Å². The zero-order valence-corrected chi connectivity index (χ0v) is 14.2. The summed E-state index contributed by atoms with van der Waals surface area (Å²) in [5, 5.41) is 12.1. The Morgan fingerprint density at radius 2 is 2.00 bits per heavy atom. The Kier molecular flexibility index (Phi) is 5.10. The monoisotopic (exact) mass is 346 g/mol. The smallest absolute Gasteiger partial charge is 0.247 e. The highest BCUT2D eigenvalue weighted by Gasteiger charge is 2.20. The summed E-state index contributed by atoms with van der Waals surface area (Å²) in [5.41, 5.74) is 0.995. The quantitative estimate of drug-likeness (QED) is 0.910. The van der Waals surface area contributed by atoms with Gasteiger partial charge in [0, 0.05) is 44.7 Å². The average molecular weight is 347 g/mol. The minimum Gasteiger partial charge on any atom is -0.364 e.